The zero-order chi connectivity index (χ0) is 12.5. The molecule has 0 saturated carbocycles. The molecule has 0 atom stereocenters. The molecule has 15 heavy (non-hydrogen) atoms. The largest absolute Gasteiger partial charge is 0.499 e. The van der Waals surface area contributed by atoms with Crippen LogP contribution in [0.15, 0.2) is 12.2 Å². The number of aliphatic carboxylic acids is 1. The van der Waals surface area contributed by atoms with E-state index in [1.807, 2.05) is 6.92 Å². The predicted molar refractivity (Wildman–Crippen MR) is 59.7 cm³/mol. The third-order valence-corrected chi connectivity index (χ3v) is 4.46. The maximum Gasteiger partial charge on any atom is 0.499 e. The van der Waals surface area contributed by atoms with Crippen molar-refractivity contribution >= 4 is 14.8 Å². The van der Waals surface area contributed by atoms with Gasteiger partial charge in [0.2, 0.25) is 0 Å². The molecule has 0 aliphatic carbocycles. The van der Waals surface area contributed by atoms with Gasteiger partial charge in [-0.2, -0.15) is 0 Å². The van der Waals surface area contributed by atoms with Crippen LogP contribution in [0, 0.1) is 0 Å². The molecule has 0 heterocycles. The Kier molecular flexibility index (Phi) is 9.59. The van der Waals surface area contributed by atoms with Gasteiger partial charge in [0, 0.05) is 32.9 Å². The first kappa shape index (κ1) is 16.7. The Morgan fingerprint density at radius 2 is 1.53 bits per heavy atom. The quantitative estimate of drug-likeness (QED) is 0.579. The summed E-state index contributed by atoms with van der Waals surface area (Å²) < 4.78 is 15.2. The minimum Gasteiger partial charge on any atom is -0.478 e. The normalized spacial score (nSPS) is 10.2. The second-order valence-electron chi connectivity index (χ2n) is 2.73. The van der Waals surface area contributed by atoms with Crippen LogP contribution in [-0.2, 0) is 18.1 Å². The van der Waals surface area contributed by atoms with Gasteiger partial charge in [-0.3, -0.25) is 0 Å². The van der Waals surface area contributed by atoms with Crippen molar-refractivity contribution in [1.82, 2.24) is 0 Å². The zero-order valence-corrected chi connectivity index (χ0v) is 11.0. The minimum atomic E-state index is -2.19. The van der Waals surface area contributed by atoms with Crippen LogP contribution < -0.4 is 0 Å². The van der Waals surface area contributed by atoms with Crippen LogP contribution in [0.1, 0.15) is 13.8 Å². The van der Waals surface area contributed by atoms with Gasteiger partial charge in [0.15, 0.2) is 0 Å². The summed E-state index contributed by atoms with van der Waals surface area (Å²) in [5.41, 5.74) is 0.176. The number of carboxylic acids is 1. The van der Waals surface area contributed by atoms with Crippen LogP contribution in [0.2, 0.25) is 6.04 Å². The molecule has 0 spiro atoms. The standard InChI is InChI=1S/C5H14O3Si.C4H6O2/c1-5-9(6-2,7-3)8-4;1-3(2)4(5)6/h5H2,1-4H3;1H2,2H3,(H,5,6). The maximum atomic E-state index is 9.60. The van der Waals surface area contributed by atoms with Gasteiger partial charge in [0.1, 0.15) is 0 Å². The Morgan fingerprint density at radius 3 is 1.53 bits per heavy atom. The molecule has 5 nitrogen and oxygen atoms in total. The summed E-state index contributed by atoms with van der Waals surface area (Å²) in [6.07, 6.45) is 0. The van der Waals surface area contributed by atoms with Gasteiger partial charge in [-0.1, -0.05) is 13.5 Å². The summed E-state index contributed by atoms with van der Waals surface area (Å²) in [5, 5.41) is 7.89. The van der Waals surface area contributed by atoms with Gasteiger partial charge in [-0.05, 0) is 6.92 Å². The lowest BCUT2D eigenvalue weighted by atomic mass is 10.4. The molecule has 0 rings (SSSR count). The van der Waals surface area contributed by atoms with Gasteiger partial charge in [-0.25, -0.2) is 4.79 Å². The number of rotatable bonds is 5. The highest BCUT2D eigenvalue weighted by molar-refractivity contribution is 6.60. The first-order chi connectivity index (χ1) is 6.89. The van der Waals surface area contributed by atoms with Crippen molar-refractivity contribution in [1.29, 1.82) is 0 Å². The lowest BCUT2D eigenvalue weighted by Crippen LogP contribution is -2.41. The summed E-state index contributed by atoms with van der Waals surface area (Å²) in [4.78, 5) is 9.60. The third-order valence-electron chi connectivity index (χ3n) is 1.73. The third kappa shape index (κ3) is 7.26. The van der Waals surface area contributed by atoms with Crippen LogP contribution in [0.25, 0.3) is 0 Å². The van der Waals surface area contributed by atoms with E-state index in [1.54, 1.807) is 21.3 Å². The molecule has 1 N–H and O–H groups in total. The second-order valence-corrected chi connectivity index (χ2v) is 6.03. The van der Waals surface area contributed by atoms with Gasteiger partial charge >= 0.3 is 14.8 Å². The summed E-state index contributed by atoms with van der Waals surface area (Å²) in [6, 6.07) is 0.816. The Morgan fingerprint density at radius 1 is 1.27 bits per heavy atom. The molecule has 0 fully saturated rings. The topological polar surface area (TPSA) is 65.0 Å². The number of carbonyl (C=O) groups is 1. The van der Waals surface area contributed by atoms with E-state index in [2.05, 4.69) is 6.58 Å². The summed E-state index contributed by atoms with van der Waals surface area (Å²) in [7, 11) is 2.65. The highest BCUT2D eigenvalue weighted by Crippen LogP contribution is 2.10. The zero-order valence-electron chi connectivity index (χ0n) is 9.99. The van der Waals surface area contributed by atoms with Crippen LogP contribution in [-0.4, -0.2) is 41.2 Å². The van der Waals surface area contributed by atoms with Crippen LogP contribution >= 0.6 is 0 Å². The molecule has 0 amide bonds. The SMILES string of the molecule is C=C(C)C(=O)O.CC[Si](OC)(OC)OC. The maximum absolute atomic E-state index is 9.60. The van der Waals surface area contributed by atoms with E-state index in [0.717, 1.165) is 6.04 Å². The highest BCUT2D eigenvalue weighted by atomic mass is 28.4. The van der Waals surface area contributed by atoms with Crippen molar-refractivity contribution in [2.45, 2.75) is 19.9 Å². The van der Waals surface area contributed by atoms with Crippen molar-refractivity contribution in [3.63, 3.8) is 0 Å². The van der Waals surface area contributed by atoms with Crippen LogP contribution in [0.4, 0.5) is 0 Å². The Bertz CT molecular complexity index is 171. The molecule has 0 aromatic carbocycles. The molecular formula is C9H20O5Si. The first-order valence-electron chi connectivity index (χ1n) is 4.43. The summed E-state index contributed by atoms with van der Waals surface area (Å²) in [6.45, 7) is 6.59. The lowest BCUT2D eigenvalue weighted by molar-refractivity contribution is -0.132. The summed E-state index contributed by atoms with van der Waals surface area (Å²) in [5.74, 6) is -0.935. The number of carboxylic acid groups (broad SMARTS) is 1. The molecule has 0 aromatic heterocycles. The van der Waals surface area contributed by atoms with Crippen molar-refractivity contribution in [2.24, 2.45) is 0 Å². The highest BCUT2D eigenvalue weighted by Gasteiger charge is 2.34. The van der Waals surface area contributed by atoms with Gasteiger partial charge in [-0.15, -0.1) is 0 Å². The van der Waals surface area contributed by atoms with E-state index < -0.39 is 14.8 Å². The molecule has 6 heteroatoms. The van der Waals surface area contributed by atoms with Gasteiger partial charge in [0.25, 0.3) is 0 Å². The van der Waals surface area contributed by atoms with E-state index in [-0.39, 0.29) is 5.57 Å². The van der Waals surface area contributed by atoms with E-state index in [0.29, 0.717) is 0 Å². The lowest BCUT2D eigenvalue weighted by Gasteiger charge is -2.22. The van der Waals surface area contributed by atoms with Crippen molar-refractivity contribution in [2.75, 3.05) is 21.3 Å². The Balaban J connectivity index is 0. The molecule has 0 saturated heterocycles. The Labute approximate surface area is 92.0 Å². The fourth-order valence-electron chi connectivity index (χ4n) is 0.683. The average molecular weight is 236 g/mol. The number of hydrogen-bond donors (Lipinski definition) is 1. The molecule has 0 radical (unpaired) electrons. The van der Waals surface area contributed by atoms with Crippen molar-refractivity contribution in [3.05, 3.63) is 12.2 Å². The first-order valence-corrected chi connectivity index (χ1v) is 6.36. The molecule has 90 valence electrons. The minimum absolute atomic E-state index is 0.176. The van der Waals surface area contributed by atoms with Crippen molar-refractivity contribution < 1.29 is 23.2 Å². The number of hydrogen-bond acceptors (Lipinski definition) is 4. The van der Waals surface area contributed by atoms with Crippen molar-refractivity contribution in [3.8, 4) is 0 Å². The molecule has 0 bridgehead atoms. The molecule has 0 aromatic rings. The fraction of sp³-hybridized carbons (Fsp3) is 0.667. The Hall–Kier alpha value is -0.693. The molecule has 0 aliphatic rings. The predicted octanol–water partition coefficient (Wildman–Crippen LogP) is 1.53. The van der Waals surface area contributed by atoms with Gasteiger partial charge in [0.05, 0.1) is 0 Å². The monoisotopic (exact) mass is 236 g/mol. The molecule has 0 unspecified atom stereocenters. The van der Waals surface area contributed by atoms with Crippen LogP contribution in [0.5, 0.6) is 0 Å². The fourth-order valence-corrected chi connectivity index (χ4v) is 2.05. The molecular weight excluding hydrogens is 216 g/mol. The van der Waals surface area contributed by atoms with Crippen LogP contribution in [0.3, 0.4) is 0 Å². The van der Waals surface area contributed by atoms with E-state index >= 15 is 0 Å². The van der Waals surface area contributed by atoms with E-state index in [1.165, 1.54) is 6.92 Å². The van der Waals surface area contributed by atoms with E-state index in [9.17, 15) is 4.79 Å². The van der Waals surface area contributed by atoms with Gasteiger partial charge < -0.3 is 18.4 Å². The smallest absolute Gasteiger partial charge is 0.478 e. The van der Waals surface area contributed by atoms with E-state index in [4.69, 9.17) is 18.4 Å². The second kappa shape index (κ2) is 8.60. The average Bonchev–Trinajstić information content (AvgIpc) is 2.23. The molecule has 0 aliphatic heterocycles. The summed E-state index contributed by atoms with van der Waals surface area (Å²) >= 11 is 0.